The lowest BCUT2D eigenvalue weighted by atomic mass is 10.0. The van der Waals surface area contributed by atoms with Gasteiger partial charge in [0.25, 0.3) is 0 Å². The van der Waals surface area contributed by atoms with Gasteiger partial charge in [0.1, 0.15) is 5.82 Å². The van der Waals surface area contributed by atoms with E-state index >= 15 is 0 Å². The van der Waals surface area contributed by atoms with E-state index in [0.717, 1.165) is 25.5 Å². The fourth-order valence-corrected chi connectivity index (χ4v) is 2.30. The number of imidazole rings is 1. The Morgan fingerprint density at radius 2 is 2.12 bits per heavy atom. The molecule has 2 rings (SSSR count). The number of rotatable bonds is 2. The van der Waals surface area contributed by atoms with Crippen molar-refractivity contribution in [2.45, 2.75) is 12.1 Å². The highest BCUT2D eigenvalue weighted by Gasteiger charge is 2.30. The van der Waals surface area contributed by atoms with E-state index in [0.29, 0.717) is 6.04 Å². The van der Waals surface area contributed by atoms with Crippen LogP contribution in [0.4, 0.5) is 0 Å². The Bertz CT molecular complexity index is 348. The molecule has 0 aromatic carbocycles. The second-order valence-electron chi connectivity index (χ2n) is 4.73. The maximum atomic E-state index is 6.32. The molecule has 90 valence electrons. The summed E-state index contributed by atoms with van der Waals surface area (Å²) in [6.07, 6.45) is 3.75. The van der Waals surface area contributed by atoms with Gasteiger partial charge in [-0.2, -0.15) is 0 Å². The Balaban J connectivity index is 2.14. The highest BCUT2D eigenvalue weighted by molar-refractivity contribution is 5.03. The summed E-state index contributed by atoms with van der Waals surface area (Å²) in [7, 11) is 6.28. The Kier molecular flexibility index (Phi) is 3.28. The van der Waals surface area contributed by atoms with Crippen LogP contribution >= 0.6 is 0 Å². The van der Waals surface area contributed by atoms with Crippen LogP contribution in [0.2, 0.25) is 0 Å². The summed E-state index contributed by atoms with van der Waals surface area (Å²) in [4.78, 5) is 9.00. The minimum absolute atomic E-state index is 0.0206. The lowest BCUT2D eigenvalue weighted by Gasteiger charge is -2.40. The van der Waals surface area contributed by atoms with E-state index in [9.17, 15) is 0 Å². The highest BCUT2D eigenvalue weighted by atomic mass is 15.3. The van der Waals surface area contributed by atoms with Crippen molar-refractivity contribution < 1.29 is 0 Å². The maximum absolute atomic E-state index is 6.32. The van der Waals surface area contributed by atoms with Gasteiger partial charge in [0, 0.05) is 45.1 Å². The van der Waals surface area contributed by atoms with Crippen molar-refractivity contribution >= 4 is 0 Å². The predicted molar refractivity (Wildman–Crippen MR) is 64.1 cm³/mol. The summed E-state index contributed by atoms with van der Waals surface area (Å²) in [5, 5.41) is 0. The normalized spacial score (nSPS) is 25.9. The monoisotopic (exact) mass is 223 g/mol. The molecule has 0 radical (unpaired) electrons. The molecule has 1 aromatic heterocycles. The molecule has 0 amide bonds. The number of aromatic nitrogens is 2. The molecule has 1 saturated heterocycles. The van der Waals surface area contributed by atoms with Crippen LogP contribution in [0.1, 0.15) is 11.9 Å². The molecular formula is C11H21N5. The van der Waals surface area contributed by atoms with Crippen molar-refractivity contribution in [2.24, 2.45) is 12.8 Å². The number of piperazine rings is 1. The van der Waals surface area contributed by atoms with E-state index in [1.54, 1.807) is 0 Å². The molecular weight excluding hydrogens is 202 g/mol. The van der Waals surface area contributed by atoms with Crippen LogP contribution in [0.25, 0.3) is 0 Å². The van der Waals surface area contributed by atoms with E-state index in [1.807, 2.05) is 24.0 Å². The summed E-state index contributed by atoms with van der Waals surface area (Å²) >= 11 is 0. The van der Waals surface area contributed by atoms with Crippen molar-refractivity contribution in [2.75, 3.05) is 33.7 Å². The fraction of sp³-hybridized carbons (Fsp3) is 0.727. The van der Waals surface area contributed by atoms with Crippen LogP contribution in [0.5, 0.6) is 0 Å². The molecule has 1 aromatic rings. The van der Waals surface area contributed by atoms with Crippen LogP contribution in [0.3, 0.4) is 0 Å². The molecule has 5 heteroatoms. The number of hydrogen-bond acceptors (Lipinski definition) is 4. The largest absolute Gasteiger partial charge is 0.337 e. The van der Waals surface area contributed by atoms with Crippen LogP contribution in [-0.4, -0.2) is 59.1 Å². The lowest BCUT2D eigenvalue weighted by molar-refractivity contribution is 0.0948. The third-order valence-corrected chi connectivity index (χ3v) is 3.47. The lowest BCUT2D eigenvalue weighted by Crippen LogP contribution is -2.54. The molecule has 16 heavy (non-hydrogen) atoms. The standard InChI is InChI=1S/C11H21N5/c1-14-6-7-15(2)9(8-14)10(12)11-13-4-5-16(11)3/h4-5,9-10H,6-8,12H2,1-3H3. The number of nitrogens with two attached hydrogens (primary N) is 1. The third kappa shape index (κ3) is 2.11. The van der Waals surface area contributed by atoms with E-state index in [-0.39, 0.29) is 6.04 Å². The summed E-state index contributed by atoms with van der Waals surface area (Å²) in [6.45, 7) is 3.18. The average Bonchev–Trinajstić information content (AvgIpc) is 2.67. The Morgan fingerprint density at radius 1 is 1.38 bits per heavy atom. The molecule has 2 heterocycles. The van der Waals surface area contributed by atoms with Crippen LogP contribution in [0.15, 0.2) is 12.4 Å². The molecule has 2 atom stereocenters. The third-order valence-electron chi connectivity index (χ3n) is 3.47. The summed E-state index contributed by atoms with van der Waals surface area (Å²) in [6, 6.07) is 0.326. The zero-order chi connectivity index (χ0) is 11.7. The molecule has 0 bridgehead atoms. The first kappa shape index (κ1) is 11.6. The summed E-state index contributed by atoms with van der Waals surface area (Å²) < 4.78 is 2.01. The van der Waals surface area contributed by atoms with Gasteiger partial charge in [-0.1, -0.05) is 0 Å². The molecule has 1 aliphatic heterocycles. The summed E-state index contributed by atoms with van der Waals surface area (Å²) in [5.41, 5.74) is 6.32. The topological polar surface area (TPSA) is 50.3 Å². The van der Waals surface area contributed by atoms with E-state index in [2.05, 4.69) is 28.9 Å². The minimum Gasteiger partial charge on any atom is -0.337 e. The number of likely N-dealkylation sites (N-methyl/N-ethyl adjacent to an activating group) is 2. The second kappa shape index (κ2) is 4.53. The average molecular weight is 223 g/mol. The van der Waals surface area contributed by atoms with Crippen molar-refractivity contribution in [1.82, 2.24) is 19.4 Å². The first-order valence-corrected chi connectivity index (χ1v) is 5.71. The molecule has 2 N–H and O–H groups in total. The molecule has 0 spiro atoms. The van der Waals surface area contributed by atoms with E-state index < -0.39 is 0 Å². The van der Waals surface area contributed by atoms with Gasteiger partial charge in [-0.05, 0) is 14.1 Å². The quantitative estimate of drug-likeness (QED) is 0.745. The number of hydrogen-bond donors (Lipinski definition) is 1. The van der Waals surface area contributed by atoms with Crippen molar-refractivity contribution in [3.63, 3.8) is 0 Å². The highest BCUT2D eigenvalue weighted by Crippen LogP contribution is 2.19. The Labute approximate surface area is 96.8 Å². The van der Waals surface area contributed by atoms with Crippen molar-refractivity contribution in [1.29, 1.82) is 0 Å². The van der Waals surface area contributed by atoms with Gasteiger partial charge >= 0.3 is 0 Å². The number of aryl methyl sites for hydroxylation is 1. The Hall–Kier alpha value is -0.910. The van der Waals surface area contributed by atoms with Gasteiger partial charge in [0.15, 0.2) is 0 Å². The smallest absolute Gasteiger partial charge is 0.127 e. The van der Waals surface area contributed by atoms with Gasteiger partial charge in [-0.25, -0.2) is 4.98 Å². The molecule has 1 aliphatic rings. The first-order chi connectivity index (χ1) is 7.59. The zero-order valence-corrected chi connectivity index (χ0v) is 10.3. The summed E-state index contributed by atoms with van der Waals surface area (Å²) in [5.74, 6) is 0.965. The van der Waals surface area contributed by atoms with E-state index in [1.165, 1.54) is 0 Å². The Morgan fingerprint density at radius 3 is 2.75 bits per heavy atom. The van der Waals surface area contributed by atoms with Gasteiger partial charge in [0.05, 0.1) is 6.04 Å². The zero-order valence-electron chi connectivity index (χ0n) is 10.3. The fourth-order valence-electron chi connectivity index (χ4n) is 2.30. The van der Waals surface area contributed by atoms with Gasteiger partial charge < -0.3 is 15.2 Å². The molecule has 1 fully saturated rings. The van der Waals surface area contributed by atoms with Crippen LogP contribution in [0, 0.1) is 0 Å². The molecule has 0 saturated carbocycles. The molecule has 2 unspecified atom stereocenters. The minimum atomic E-state index is -0.0206. The van der Waals surface area contributed by atoms with Crippen molar-refractivity contribution in [3.8, 4) is 0 Å². The van der Waals surface area contributed by atoms with Crippen LogP contribution < -0.4 is 5.73 Å². The maximum Gasteiger partial charge on any atom is 0.127 e. The van der Waals surface area contributed by atoms with E-state index in [4.69, 9.17) is 5.73 Å². The second-order valence-corrected chi connectivity index (χ2v) is 4.73. The SMILES string of the molecule is CN1CCN(C)C(C(N)c2nccn2C)C1. The molecule has 0 aliphatic carbocycles. The van der Waals surface area contributed by atoms with Gasteiger partial charge in [0.2, 0.25) is 0 Å². The van der Waals surface area contributed by atoms with Crippen LogP contribution in [-0.2, 0) is 7.05 Å². The first-order valence-electron chi connectivity index (χ1n) is 5.71. The van der Waals surface area contributed by atoms with Gasteiger partial charge in [-0.3, -0.25) is 4.90 Å². The predicted octanol–water partition coefficient (Wildman–Crippen LogP) is -0.334. The number of nitrogens with zero attached hydrogens (tertiary/aromatic N) is 4. The van der Waals surface area contributed by atoms with Crippen molar-refractivity contribution in [3.05, 3.63) is 18.2 Å². The van der Waals surface area contributed by atoms with Gasteiger partial charge in [-0.15, -0.1) is 0 Å². The molecule has 5 nitrogen and oxygen atoms in total.